The summed E-state index contributed by atoms with van der Waals surface area (Å²) in [6.45, 7) is 0.662. The molecular weight excluding hydrogens is 396 g/mol. The molecule has 3 aromatic rings. The van der Waals surface area contributed by atoms with Crippen LogP contribution in [-0.2, 0) is 20.7 Å². The second kappa shape index (κ2) is 9.39. The lowest BCUT2D eigenvalue weighted by Crippen LogP contribution is -2.33. The van der Waals surface area contributed by atoms with Crippen LogP contribution in [0.15, 0.2) is 48.5 Å². The first-order chi connectivity index (χ1) is 14.6. The minimum absolute atomic E-state index is 0.00688. The van der Waals surface area contributed by atoms with E-state index in [1.54, 1.807) is 11.3 Å². The lowest BCUT2D eigenvalue weighted by molar-refractivity contribution is -0.146. The van der Waals surface area contributed by atoms with Gasteiger partial charge in [-0.25, -0.2) is 4.98 Å². The predicted molar refractivity (Wildman–Crippen MR) is 119 cm³/mol. The van der Waals surface area contributed by atoms with Crippen molar-refractivity contribution >= 4 is 33.4 Å². The molecule has 0 saturated heterocycles. The maximum absolute atomic E-state index is 12.4. The lowest BCUT2D eigenvalue weighted by atomic mass is 9.82. The van der Waals surface area contributed by atoms with Crippen LogP contribution in [0.3, 0.4) is 0 Å². The number of benzene rings is 2. The van der Waals surface area contributed by atoms with Crippen molar-refractivity contribution in [2.45, 2.75) is 32.1 Å². The van der Waals surface area contributed by atoms with Gasteiger partial charge in [0.25, 0.3) is 0 Å². The average molecular weight is 423 g/mol. The van der Waals surface area contributed by atoms with Crippen molar-refractivity contribution < 1.29 is 14.3 Å². The van der Waals surface area contributed by atoms with Crippen LogP contribution in [-0.4, -0.2) is 30.5 Å². The summed E-state index contributed by atoms with van der Waals surface area (Å²) in [4.78, 5) is 28.7. The molecule has 2 aromatic carbocycles. The zero-order valence-electron chi connectivity index (χ0n) is 17.1. The number of nitrogens with one attached hydrogen (secondary N) is 1. The Kier molecular flexibility index (Phi) is 6.43. The number of carbonyl (C=O) groups excluding carboxylic acids is 2. The predicted octanol–water partition coefficient (Wildman–Crippen LogP) is 4.60. The molecule has 1 aliphatic carbocycles. The molecule has 1 aliphatic rings. The van der Waals surface area contributed by atoms with Crippen LogP contribution in [0.25, 0.3) is 21.3 Å². The first-order valence-corrected chi connectivity index (χ1v) is 11.2. The van der Waals surface area contributed by atoms with E-state index in [2.05, 4.69) is 34.6 Å². The molecule has 1 amide bonds. The molecule has 1 N–H and O–H groups in total. The number of carbonyl (C=O) groups is 2. The summed E-state index contributed by atoms with van der Waals surface area (Å²) in [5.41, 5.74) is 3.27. The van der Waals surface area contributed by atoms with Gasteiger partial charge in [0.2, 0.25) is 5.91 Å². The van der Waals surface area contributed by atoms with Gasteiger partial charge in [-0.15, -0.1) is 11.3 Å². The fraction of sp³-hybridized carbons (Fsp3) is 0.375. The SMILES string of the molecule is COC(=O)[C@H]1CC[C@H](CNC(=O)Cc2nc3ccc(-c4ccccc4)cc3s2)CC1. The van der Waals surface area contributed by atoms with Crippen molar-refractivity contribution in [2.75, 3.05) is 13.7 Å². The third-order valence-corrected chi connectivity index (χ3v) is 6.84. The van der Waals surface area contributed by atoms with Crippen molar-refractivity contribution in [2.24, 2.45) is 11.8 Å². The Bertz CT molecular complexity index is 1020. The number of methoxy groups -OCH3 is 1. The molecule has 4 rings (SSSR count). The monoisotopic (exact) mass is 422 g/mol. The van der Waals surface area contributed by atoms with Gasteiger partial charge in [-0.3, -0.25) is 9.59 Å². The molecule has 30 heavy (non-hydrogen) atoms. The lowest BCUT2D eigenvalue weighted by Gasteiger charge is -2.26. The zero-order chi connectivity index (χ0) is 20.9. The number of hydrogen-bond acceptors (Lipinski definition) is 5. The Morgan fingerprint density at radius 2 is 1.83 bits per heavy atom. The van der Waals surface area contributed by atoms with Crippen LogP contribution in [0.1, 0.15) is 30.7 Å². The van der Waals surface area contributed by atoms with Crippen LogP contribution in [0.4, 0.5) is 0 Å². The fourth-order valence-corrected chi connectivity index (χ4v) is 5.09. The summed E-state index contributed by atoms with van der Waals surface area (Å²) in [5.74, 6) is 0.348. The van der Waals surface area contributed by atoms with E-state index in [1.165, 1.54) is 12.7 Å². The van der Waals surface area contributed by atoms with Crippen molar-refractivity contribution in [1.82, 2.24) is 10.3 Å². The summed E-state index contributed by atoms with van der Waals surface area (Å²) in [7, 11) is 1.44. The Hall–Kier alpha value is -2.73. The first-order valence-electron chi connectivity index (χ1n) is 10.4. The standard InChI is InChI=1S/C24H26N2O3S/c1-29-24(28)18-9-7-16(8-10-18)15-25-22(27)14-23-26-20-12-11-19(13-21(20)30-23)17-5-3-2-4-6-17/h2-6,11-13,16,18H,7-10,14-15H2,1H3,(H,25,27)/t16-,18-. The van der Waals surface area contributed by atoms with E-state index in [0.717, 1.165) is 46.5 Å². The topological polar surface area (TPSA) is 68.3 Å². The van der Waals surface area contributed by atoms with Gasteiger partial charge in [0.15, 0.2) is 0 Å². The van der Waals surface area contributed by atoms with Crippen molar-refractivity contribution in [1.29, 1.82) is 0 Å². The number of ether oxygens (including phenoxy) is 1. The molecule has 0 atom stereocenters. The van der Waals surface area contributed by atoms with Crippen molar-refractivity contribution in [3.8, 4) is 11.1 Å². The van der Waals surface area contributed by atoms with Crippen LogP contribution >= 0.6 is 11.3 Å². The van der Waals surface area contributed by atoms with E-state index in [1.807, 2.05) is 24.3 Å². The second-order valence-corrected chi connectivity index (χ2v) is 8.99. The Morgan fingerprint density at radius 1 is 1.07 bits per heavy atom. The molecule has 5 nitrogen and oxygen atoms in total. The number of rotatable bonds is 6. The van der Waals surface area contributed by atoms with Gasteiger partial charge in [-0.2, -0.15) is 0 Å². The highest BCUT2D eigenvalue weighted by Crippen LogP contribution is 2.30. The second-order valence-electron chi connectivity index (χ2n) is 7.88. The maximum Gasteiger partial charge on any atom is 0.308 e. The Balaban J connectivity index is 1.31. The van der Waals surface area contributed by atoms with E-state index in [0.29, 0.717) is 18.9 Å². The van der Waals surface area contributed by atoms with Gasteiger partial charge in [0.05, 0.1) is 29.7 Å². The molecule has 1 saturated carbocycles. The average Bonchev–Trinajstić information content (AvgIpc) is 3.19. The Labute approximate surface area is 180 Å². The molecule has 1 aromatic heterocycles. The molecule has 1 fully saturated rings. The number of fused-ring (bicyclic) bond motifs is 1. The van der Waals surface area contributed by atoms with Crippen molar-refractivity contribution in [3.05, 3.63) is 53.5 Å². The Morgan fingerprint density at radius 3 is 2.57 bits per heavy atom. The molecule has 0 aliphatic heterocycles. The number of nitrogens with zero attached hydrogens (tertiary/aromatic N) is 1. The molecular formula is C24H26N2O3S. The zero-order valence-corrected chi connectivity index (χ0v) is 17.9. The minimum Gasteiger partial charge on any atom is -0.469 e. The van der Waals surface area contributed by atoms with Gasteiger partial charge in [0, 0.05) is 6.54 Å². The highest BCUT2D eigenvalue weighted by atomic mass is 32.1. The van der Waals surface area contributed by atoms with Gasteiger partial charge in [-0.1, -0.05) is 36.4 Å². The van der Waals surface area contributed by atoms with E-state index < -0.39 is 0 Å². The summed E-state index contributed by atoms with van der Waals surface area (Å²) in [6, 6.07) is 16.5. The van der Waals surface area contributed by atoms with E-state index in [4.69, 9.17) is 4.74 Å². The quantitative estimate of drug-likeness (QED) is 0.590. The number of amides is 1. The number of esters is 1. The highest BCUT2D eigenvalue weighted by Gasteiger charge is 2.27. The first kappa shape index (κ1) is 20.5. The summed E-state index contributed by atoms with van der Waals surface area (Å²) in [6.07, 6.45) is 3.88. The van der Waals surface area contributed by atoms with Crippen LogP contribution in [0.2, 0.25) is 0 Å². The maximum atomic E-state index is 12.4. The smallest absolute Gasteiger partial charge is 0.308 e. The number of aromatic nitrogens is 1. The van der Waals surface area contributed by atoms with Gasteiger partial charge in [0.1, 0.15) is 5.01 Å². The largest absolute Gasteiger partial charge is 0.469 e. The molecule has 0 unspecified atom stereocenters. The molecule has 1 heterocycles. The van der Waals surface area contributed by atoms with Crippen molar-refractivity contribution in [3.63, 3.8) is 0 Å². The molecule has 0 bridgehead atoms. The van der Waals surface area contributed by atoms with Gasteiger partial charge < -0.3 is 10.1 Å². The number of hydrogen-bond donors (Lipinski definition) is 1. The van der Waals surface area contributed by atoms with Crippen LogP contribution < -0.4 is 5.32 Å². The van der Waals surface area contributed by atoms with Gasteiger partial charge in [-0.05, 0) is 54.9 Å². The number of thiazole rings is 1. The van der Waals surface area contributed by atoms with Gasteiger partial charge >= 0.3 is 5.97 Å². The third kappa shape index (κ3) is 4.87. The summed E-state index contributed by atoms with van der Waals surface area (Å²) >= 11 is 1.58. The summed E-state index contributed by atoms with van der Waals surface area (Å²) in [5, 5.41) is 3.89. The molecule has 0 radical (unpaired) electrons. The van der Waals surface area contributed by atoms with E-state index >= 15 is 0 Å². The third-order valence-electron chi connectivity index (χ3n) is 5.82. The fourth-order valence-electron chi connectivity index (χ4n) is 4.09. The molecule has 6 heteroatoms. The van der Waals surface area contributed by atoms with Crippen LogP contribution in [0, 0.1) is 11.8 Å². The minimum atomic E-state index is -0.108. The summed E-state index contributed by atoms with van der Waals surface area (Å²) < 4.78 is 5.93. The van der Waals surface area contributed by atoms with Crippen LogP contribution in [0.5, 0.6) is 0 Å². The van der Waals surface area contributed by atoms with E-state index in [9.17, 15) is 9.59 Å². The van der Waals surface area contributed by atoms with E-state index in [-0.39, 0.29) is 17.8 Å². The molecule has 0 spiro atoms. The highest BCUT2D eigenvalue weighted by molar-refractivity contribution is 7.18. The normalized spacial score (nSPS) is 18.8. The molecule has 156 valence electrons.